The highest BCUT2D eigenvalue weighted by Crippen LogP contribution is 2.20. The van der Waals surface area contributed by atoms with E-state index in [1.165, 1.54) is 32.4 Å². The van der Waals surface area contributed by atoms with E-state index in [1.54, 1.807) is 19.0 Å². The highest BCUT2D eigenvalue weighted by atomic mass is 127. The summed E-state index contributed by atoms with van der Waals surface area (Å²) in [6.45, 7) is 7.27. The molecule has 2 unspecified atom stereocenters. The van der Waals surface area contributed by atoms with E-state index < -0.39 is 0 Å². The van der Waals surface area contributed by atoms with Gasteiger partial charge < -0.3 is 19.9 Å². The summed E-state index contributed by atoms with van der Waals surface area (Å²) in [4.78, 5) is 23.1. The predicted molar refractivity (Wildman–Crippen MR) is 114 cm³/mol. The Morgan fingerprint density at radius 2 is 2.00 bits per heavy atom. The average molecular weight is 479 g/mol. The van der Waals surface area contributed by atoms with E-state index >= 15 is 0 Å². The third-order valence-corrected chi connectivity index (χ3v) is 5.56. The minimum absolute atomic E-state index is 0. The fourth-order valence-electron chi connectivity index (χ4n) is 3.87. The van der Waals surface area contributed by atoms with Crippen molar-refractivity contribution < 1.29 is 9.53 Å². The first-order valence-electron chi connectivity index (χ1n) is 9.68. The number of nitrogens with one attached hydrogen (secondary N) is 1. The average Bonchev–Trinajstić information content (AvgIpc) is 3.35. The van der Waals surface area contributed by atoms with Crippen molar-refractivity contribution >= 4 is 35.8 Å². The monoisotopic (exact) mass is 479 g/mol. The molecule has 0 aromatic carbocycles. The van der Waals surface area contributed by atoms with Gasteiger partial charge in [-0.05, 0) is 38.8 Å². The number of carbonyl (C=O) groups is 1. The van der Waals surface area contributed by atoms with Crippen LogP contribution in [-0.2, 0) is 9.53 Å². The van der Waals surface area contributed by atoms with Gasteiger partial charge in [0.15, 0.2) is 5.96 Å². The summed E-state index contributed by atoms with van der Waals surface area (Å²) in [6, 6.07) is 0.633. The number of guanidine groups is 1. The lowest BCUT2D eigenvalue weighted by Gasteiger charge is -2.26. The molecule has 3 rings (SSSR count). The molecule has 7 nitrogen and oxygen atoms in total. The van der Waals surface area contributed by atoms with Crippen molar-refractivity contribution in [3.63, 3.8) is 0 Å². The lowest BCUT2D eigenvalue weighted by Crippen LogP contribution is -2.44. The van der Waals surface area contributed by atoms with Gasteiger partial charge in [-0.3, -0.25) is 9.69 Å². The zero-order chi connectivity index (χ0) is 17.6. The molecule has 0 aromatic rings. The van der Waals surface area contributed by atoms with E-state index in [9.17, 15) is 4.79 Å². The van der Waals surface area contributed by atoms with E-state index in [-0.39, 0.29) is 36.4 Å². The molecule has 0 spiro atoms. The van der Waals surface area contributed by atoms with Gasteiger partial charge in [0.25, 0.3) is 0 Å². The van der Waals surface area contributed by atoms with Crippen molar-refractivity contribution in [1.82, 2.24) is 20.0 Å². The predicted octanol–water partition coefficient (Wildman–Crippen LogP) is 0.845. The van der Waals surface area contributed by atoms with Crippen LogP contribution in [0.4, 0.5) is 0 Å². The number of halogens is 1. The number of likely N-dealkylation sites (tertiary alicyclic amines) is 2. The summed E-state index contributed by atoms with van der Waals surface area (Å²) in [5.41, 5.74) is 0. The summed E-state index contributed by atoms with van der Waals surface area (Å²) in [5, 5.41) is 3.52. The normalized spacial score (nSPS) is 26.8. The van der Waals surface area contributed by atoms with Crippen LogP contribution in [-0.4, -0.2) is 99.2 Å². The second-order valence-electron chi connectivity index (χ2n) is 7.67. The maximum atomic E-state index is 11.9. The maximum Gasteiger partial charge on any atom is 0.243 e. The highest BCUT2D eigenvalue weighted by Gasteiger charge is 2.31. The van der Waals surface area contributed by atoms with E-state index in [1.807, 2.05) is 0 Å². The molecular weight excluding hydrogens is 445 g/mol. The first kappa shape index (κ1) is 21.7. The number of hydrogen-bond donors (Lipinski definition) is 1. The quantitative estimate of drug-likeness (QED) is 0.360. The Hall–Kier alpha value is -0.610. The van der Waals surface area contributed by atoms with Gasteiger partial charge in [0, 0.05) is 52.3 Å². The van der Waals surface area contributed by atoms with Crippen molar-refractivity contribution in [1.29, 1.82) is 0 Å². The number of nitrogens with zero attached hydrogens (tertiary/aromatic N) is 4. The molecule has 150 valence electrons. The molecule has 0 saturated carbocycles. The van der Waals surface area contributed by atoms with Crippen molar-refractivity contribution in [3.8, 4) is 0 Å². The number of carbonyl (C=O) groups excluding carboxylic acids is 1. The number of aliphatic imine (C=N–C) groups is 1. The molecule has 0 bridgehead atoms. The molecule has 0 aromatic heterocycles. The van der Waals surface area contributed by atoms with Crippen LogP contribution in [0.15, 0.2) is 4.99 Å². The molecule has 2 atom stereocenters. The number of likely N-dealkylation sites (N-methyl/N-ethyl adjacent to an activating group) is 1. The van der Waals surface area contributed by atoms with E-state index in [4.69, 9.17) is 4.74 Å². The zero-order valence-corrected chi connectivity index (χ0v) is 18.5. The molecule has 3 fully saturated rings. The van der Waals surface area contributed by atoms with Gasteiger partial charge in [-0.1, -0.05) is 0 Å². The summed E-state index contributed by atoms with van der Waals surface area (Å²) in [6.07, 6.45) is 4.95. The first-order chi connectivity index (χ1) is 12.1. The Balaban J connectivity index is 0.00000243. The highest BCUT2D eigenvalue weighted by molar-refractivity contribution is 14.0. The van der Waals surface area contributed by atoms with Crippen LogP contribution in [0.3, 0.4) is 0 Å². The number of amides is 1. The van der Waals surface area contributed by atoms with E-state index in [0.29, 0.717) is 12.0 Å². The number of hydrogen-bond acceptors (Lipinski definition) is 4. The van der Waals surface area contributed by atoms with Crippen LogP contribution in [0.5, 0.6) is 0 Å². The number of ether oxygens (including phenoxy) is 1. The van der Waals surface area contributed by atoms with Crippen molar-refractivity contribution in [2.24, 2.45) is 10.9 Å². The molecule has 3 heterocycles. The zero-order valence-electron chi connectivity index (χ0n) is 16.2. The van der Waals surface area contributed by atoms with Crippen LogP contribution >= 0.6 is 24.0 Å². The summed E-state index contributed by atoms with van der Waals surface area (Å²) >= 11 is 0. The Morgan fingerprint density at radius 1 is 1.23 bits per heavy atom. The number of rotatable bonds is 5. The second-order valence-corrected chi connectivity index (χ2v) is 7.67. The van der Waals surface area contributed by atoms with Gasteiger partial charge in [0.1, 0.15) is 6.54 Å². The van der Waals surface area contributed by atoms with Gasteiger partial charge in [-0.25, -0.2) is 4.99 Å². The minimum Gasteiger partial charge on any atom is -0.381 e. The smallest absolute Gasteiger partial charge is 0.243 e. The van der Waals surface area contributed by atoms with Crippen molar-refractivity contribution in [2.75, 3.05) is 66.6 Å². The topological polar surface area (TPSA) is 60.4 Å². The summed E-state index contributed by atoms with van der Waals surface area (Å²) < 4.78 is 5.47. The Bertz CT molecular complexity index is 476. The largest absolute Gasteiger partial charge is 0.381 e. The standard InChI is InChI=1S/C18H33N5O2.HI/c1-21(2)17(24)12-20-18(19-11-15-6-10-25-14-15)23-9-5-16(13-23)22-7-3-4-8-22;/h15-16H,3-14H2,1-2H3,(H,19,20);1H. The summed E-state index contributed by atoms with van der Waals surface area (Å²) in [7, 11) is 3.56. The molecule has 1 amide bonds. The van der Waals surface area contributed by atoms with Gasteiger partial charge in [-0.15, -0.1) is 24.0 Å². The lowest BCUT2D eigenvalue weighted by atomic mass is 10.1. The molecule has 0 aliphatic carbocycles. The first-order valence-corrected chi connectivity index (χ1v) is 9.68. The fraction of sp³-hybridized carbons (Fsp3) is 0.889. The SMILES string of the molecule is CN(C)C(=O)CN=C(NCC1CCOC1)N1CCC(N2CCCC2)C1.I. The molecule has 3 aliphatic rings. The van der Waals surface area contributed by atoms with Gasteiger partial charge in [0.05, 0.1) is 6.61 Å². The van der Waals surface area contributed by atoms with Crippen LogP contribution < -0.4 is 5.32 Å². The van der Waals surface area contributed by atoms with Crippen LogP contribution in [0, 0.1) is 5.92 Å². The molecule has 1 N–H and O–H groups in total. The van der Waals surface area contributed by atoms with Gasteiger partial charge in [0.2, 0.25) is 5.91 Å². The molecule has 26 heavy (non-hydrogen) atoms. The van der Waals surface area contributed by atoms with Crippen LogP contribution in [0.25, 0.3) is 0 Å². The van der Waals surface area contributed by atoms with Crippen molar-refractivity contribution in [3.05, 3.63) is 0 Å². The van der Waals surface area contributed by atoms with E-state index in [0.717, 1.165) is 45.2 Å². The Kier molecular flexibility index (Phi) is 8.89. The van der Waals surface area contributed by atoms with Crippen LogP contribution in [0.1, 0.15) is 25.7 Å². The van der Waals surface area contributed by atoms with Crippen LogP contribution in [0.2, 0.25) is 0 Å². The third-order valence-electron chi connectivity index (χ3n) is 5.56. The second kappa shape index (κ2) is 10.7. The Labute approximate surface area is 174 Å². The third kappa shape index (κ3) is 5.95. The maximum absolute atomic E-state index is 11.9. The minimum atomic E-state index is 0. The molecule has 0 radical (unpaired) electrons. The van der Waals surface area contributed by atoms with E-state index in [2.05, 4.69) is 20.1 Å². The van der Waals surface area contributed by atoms with Gasteiger partial charge >= 0.3 is 0 Å². The summed E-state index contributed by atoms with van der Waals surface area (Å²) in [5.74, 6) is 1.48. The molecule has 8 heteroatoms. The Morgan fingerprint density at radius 3 is 2.65 bits per heavy atom. The van der Waals surface area contributed by atoms with Gasteiger partial charge in [-0.2, -0.15) is 0 Å². The molecule has 3 saturated heterocycles. The molecule has 3 aliphatic heterocycles. The van der Waals surface area contributed by atoms with Crippen molar-refractivity contribution in [2.45, 2.75) is 31.7 Å². The lowest BCUT2D eigenvalue weighted by molar-refractivity contribution is -0.127. The fourth-order valence-corrected chi connectivity index (χ4v) is 3.87. The molecular formula is C18H34IN5O2.